The second-order valence-electron chi connectivity index (χ2n) is 5.35. The molecule has 0 atom stereocenters. The molecule has 5 nitrogen and oxygen atoms in total. The van der Waals surface area contributed by atoms with Gasteiger partial charge in [0.2, 0.25) is 5.88 Å². The number of aryl methyl sites for hydroxylation is 1. The molecule has 19 heavy (non-hydrogen) atoms. The van der Waals surface area contributed by atoms with E-state index in [2.05, 4.69) is 21.9 Å². The number of piperidine rings is 1. The zero-order valence-electron chi connectivity index (χ0n) is 12.1. The van der Waals surface area contributed by atoms with Crippen molar-refractivity contribution in [3.8, 4) is 5.88 Å². The van der Waals surface area contributed by atoms with Crippen molar-refractivity contribution in [2.24, 2.45) is 5.73 Å². The number of aromatic nitrogens is 2. The number of ether oxygens (including phenoxy) is 1. The molecule has 0 bridgehead atoms. The predicted octanol–water partition coefficient (Wildman–Crippen LogP) is 0.970. The molecule has 1 fully saturated rings. The molecule has 0 unspecified atom stereocenters. The van der Waals surface area contributed by atoms with Gasteiger partial charge in [-0.2, -0.15) is 4.98 Å². The summed E-state index contributed by atoms with van der Waals surface area (Å²) in [6.45, 7) is 4.76. The van der Waals surface area contributed by atoms with Gasteiger partial charge in [-0.3, -0.25) is 0 Å². The average molecular weight is 264 g/mol. The summed E-state index contributed by atoms with van der Waals surface area (Å²) in [5.41, 5.74) is 7.11. The van der Waals surface area contributed by atoms with Crippen molar-refractivity contribution in [1.29, 1.82) is 0 Å². The van der Waals surface area contributed by atoms with E-state index in [-0.39, 0.29) is 5.41 Å². The number of rotatable bonds is 4. The van der Waals surface area contributed by atoms with E-state index in [0.29, 0.717) is 12.4 Å². The molecule has 0 amide bonds. The van der Waals surface area contributed by atoms with Gasteiger partial charge in [0.1, 0.15) is 5.82 Å². The van der Waals surface area contributed by atoms with Crippen molar-refractivity contribution >= 4 is 0 Å². The summed E-state index contributed by atoms with van der Waals surface area (Å²) in [5.74, 6) is 1.52. The minimum Gasteiger partial charge on any atom is -0.481 e. The van der Waals surface area contributed by atoms with E-state index in [1.165, 1.54) is 0 Å². The molecule has 0 saturated carbocycles. The lowest BCUT2D eigenvalue weighted by molar-refractivity contribution is 0.187. The highest BCUT2D eigenvalue weighted by molar-refractivity contribution is 5.34. The monoisotopic (exact) mass is 264 g/mol. The Morgan fingerprint density at radius 3 is 2.63 bits per heavy atom. The summed E-state index contributed by atoms with van der Waals surface area (Å²) in [5, 5.41) is 0. The lowest BCUT2D eigenvalue weighted by Gasteiger charge is -2.40. The van der Waals surface area contributed by atoms with Crippen LogP contribution in [0.25, 0.3) is 0 Å². The number of hydrogen-bond donors (Lipinski definition) is 1. The summed E-state index contributed by atoms with van der Waals surface area (Å²) in [6, 6.07) is 0. The van der Waals surface area contributed by atoms with E-state index in [9.17, 15) is 0 Å². The Bertz CT molecular complexity index is 427. The highest BCUT2D eigenvalue weighted by Gasteiger charge is 2.37. The molecule has 1 saturated heterocycles. The van der Waals surface area contributed by atoms with E-state index in [1.54, 1.807) is 7.11 Å². The van der Waals surface area contributed by atoms with Gasteiger partial charge in [-0.1, -0.05) is 6.92 Å². The molecule has 2 heterocycles. The van der Waals surface area contributed by atoms with Crippen molar-refractivity contribution < 1.29 is 4.74 Å². The van der Waals surface area contributed by atoms with Gasteiger partial charge in [0.05, 0.1) is 7.11 Å². The first-order valence-corrected chi connectivity index (χ1v) is 6.94. The number of methoxy groups -OCH3 is 1. The maximum absolute atomic E-state index is 6.08. The average Bonchev–Trinajstić information content (AvgIpc) is 2.48. The molecule has 1 aromatic heterocycles. The molecular weight excluding hydrogens is 240 g/mol. The number of nitrogens with two attached hydrogens (primary N) is 1. The molecule has 0 aromatic carbocycles. The Kier molecular flexibility index (Phi) is 4.37. The van der Waals surface area contributed by atoms with Crippen LogP contribution in [0.5, 0.6) is 5.88 Å². The number of likely N-dealkylation sites (tertiary alicyclic amines) is 1. The van der Waals surface area contributed by atoms with Gasteiger partial charge in [-0.05, 0) is 33.0 Å². The third-order valence-corrected chi connectivity index (χ3v) is 4.22. The lowest BCUT2D eigenvalue weighted by atomic mass is 9.73. The van der Waals surface area contributed by atoms with Gasteiger partial charge >= 0.3 is 0 Å². The highest BCUT2D eigenvalue weighted by Crippen LogP contribution is 2.38. The zero-order valence-corrected chi connectivity index (χ0v) is 12.1. The van der Waals surface area contributed by atoms with Crippen molar-refractivity contribution in [3.63, 3.8) is 0 Å². The molecule has 1 aliphatic heterocycles. The molecular formula is C14H24N4O. The van der Waals surface area contributed by atoms with Crippen molar-refractivity contribution in [2.45, 2.75) is 31.6 Å². The first-order chi connectivity index (χ1) is 9.15. The van der Waals surface area contributed by atoms with Crippen LogP contribution in [-0.2, 0) is 11.8 Å². The molecule has 1 aliphatic rings. The molecule has 5 heteroatoms. The van der Waals surface area contributed by atoms with Gasteiger partial charge in [-0.15, -0.1) is 0 Å². The van der Waals surface area contributed by atoms with E-state index in [1.807, 2.05) is 13.1 Å². The van der Waals surface area contributed by atoms with Gasteiger partial charge in [0.25, 0.3) is 0 Å². The summed E-state index contributed by atoms with van der Waals surface area (Å²) < 4.78 is 5.47. The van der Waals surface area contributed by atoms with Gasteiger partial charge < -0.3 is 15.4 Å². The van der Waals surface area contributed by atoms with Crippen LogP contribution in [0.2, 0.25) is 0 Å². The van der Waals surface area contributed by atoms with Gasteiger partial charge in [-0.25, -0.2) is 4.98 Å². The summed E-state index contributed by atoms with van der Waals surface area (Å²) >= 11 is 0. The van der Waals surface area contributed by atoms with Gasteiger partial charge in [0.15, 0.2) is 0 Å². The maximum atomic E-state index is 6.08. The van der Waals surface area contributed by atoms with E-state index in [4.69, 9.17) is 10.5 Å². The standard InChI is InChI=1S/C14H24N4O/c1-4-12-16-9-11(13(17-12)19-3)14(10-15)5-7-18(2)8-6-14/h9H,4-8,10,15H2,1-3H3. The van der Waals surface area contributed by atoms with Crippen molar-refractivity contribution in [1.82, 2.24) is 14.9 Å². The van der Waals surface area contributed by atoms with Crippen LogP contribution in [0.1, 0.15) is 31.2 Å². The minimum atomic E-state index is -0.0376. The Balaban J connectivity index is 2.37. The summed E-state index contributed by atoms with van der Waals surface area (Å²) in [6.07, 6.45) is 4.80. The highest BCUT2D eigenvalue weighted by atomic mass is 16.5. The van der Waals surface area contributed by atoms with Crippen LogP contribution < -0.4 is 10.5 Å². The van der Waals surface area contributed by atoms with Crippen LogP contribution >= 0.6 is 0 Å². The molecule has 2 rings (SSSR count). The topological polar surface area (TPSA) is 64.3 Å². The molecule has 1 aromatic rings. The third kappa shape index (κ3) is 2.72. The third-order valence-electron chi connectivity index (χ3n) is 4.22. The van der Waals surface area contributed by atoms with Crippen LogP contribution in [0, 0.1) is 0 Å². The molecule has 0 spiro atoms. The smallest absolute Gasteiger partial charge is 0.220 e. The number of nitrogens with zero attached hydrogens (tertiary/aromatic N) is 3. The first-order valence-electron chi connectivity index (χ1n) is 6.94. The van der Waals surface area contributed by atoms with E-state index in [0.717, 1.165) is 43.7 Å². The fourth-order valence-corrected chi connectivity index (χ4v) is 2.72. The molecule has 0 radical (unpaired) electrons. The van der Waals surface area contributed by atoms with Gasteiger partial charge in [0, 0.05) is 30.1 Å². The maximum Gasteiger partial charge on any atom is 0.220 e. The largest absolute Gasteiger partial charge is 0.481 e. The normalized spacial score (nSPS) is 19.4. The van der Waals surface area contributed by atoms with E-state index < -0.39 is 0 Å². The molecule has 2 N–H and O–H groups in total. The molecule has 0 aliphatic carbocycles. The lowest BCUT2D eigenvalue weighted by Crippen LogP contribution is -2.45. The van der Waals surface area contributed by atoms with Crippen LogP contribution in [-0.4, -0.2) is 48.7 Å². The van der Waals surface area contributed by atoms with Crippen LogP contribution in [0.4, 0.5) is 0 Å². The Morgan fingerprint density at radius 1 is 1.42 bits per heavy atom. The number of hydrogen-bond acceptors (Lipinski definition) is 5. The SMILES string of the molecule is CCc1ncc(C2(CN)CCN(C)CC2)c(OC)n1. The zero-order chi connectivity index (χ0) is 13.9. The minimum absolute atomic E-state index is 0.0376. The second-order valence-corrected chi connectivity index (χ2v) is 5.35. The molecule has 106 valence electrons. The summed E-state index contributed by atoms with van der Waals surface area (Å²) in [7, 11) is 3.82. The Morgan fingerprint density at radius 2 is 2.11 bits per heavy atom. The van der Waals surface area contributed by atoms with E-state index >= 15 is 0 Å². The Labute approximate surface area is 115 Å². The fraction of sp³-hybridized carbons (Fsp3) is 0.714. The van der Waals surface area contributed by atoms with Crippen molar-refractivity contribution in [2.75, 3.05) is 33.8 Å². The predicted molar refractivity (Wildman–Crippen MR) is 75.4 cm³/mol. The van der Waals surface area contributed by atoms with Crippen LogP contribution in [0.3, 0.4) is 0 Å². The van der Waals surface area contributed by atoms with Crippen molar-refractivity contribution in [3.05, 3.63) is 17.6 Å². The summed E-state index contributed by atoms with van der Waals surface area (Å²) in [4.78, 5) is 11.3. The fourth-order valence-electron chi connectivity index (χ4n) is 2.72. The quantitative estimate of drug-likeness (QED) is 0.878. The van der Waals surface area contributed by atoms with Crippen LogP contribution in [0.15, 0.2) is 6.20 Å². The Hall–Kier alpha value is -1.20. The first kappa shape index (κ1) is 14.2. The second kappa shape index (κ2) is 5.84.